The highest BCUT2D eigenvalue weighted by atomic mass is 19.1. The van der Waals surface area contributed by atoms with Crippen LogP contribution in [0.2, 0.25) is 0 Å². The van der Waals surface area contributed by atoms with Gasteiger partial charge in [0, 0.05) is 31.8 Å². The molecular formula is C21H23FN2O4. The fourth-order valence-electron chi connectivity index (χ4n) is 3.34. The van der Waals surface area contributed by atoms with E-state index in [1.165, 1.54) is 29.9 Å². The van der Waals surface area contributed by atoms with Gasteiger partial charge >= 0.3 is 0 Å². The van der Waals surface area contributed by atoms with Gasteiger partial charge in [-0.15, -0.1) is 0 Å². The minimum Gasteiger partial charge on any atom is -0.396 e. The van der Waals surface area contributed by atoms with E-state index in [0.29, 0.717) is 11.1 Å². The van der Waals surface area contributed by atoms with Gasteiger partial charge in [0.1, 0.15) is 11.4 Å². The largest absolute Gasteiger partial charge is 0.396 e. The second-order valence-electron chi connectivity index (χ2n) is 7.30. The average molecular weight is 386 g/mol. The van der Waals surface area contributed by atoms with Crippen molar-refractivity contribution in [2.24, 2.45) is 11.8 Å². The third-order valence-corrected chi connectivity index (χ3v) is 5.21. The molecule has 6 nitrogen and oxygen atoms in total. The summed E-state index contributed by atoms with van der Waals surface area (Å²) < 4.78 is 14.8. The van der Waals surface area contributed by atoms with Crippen molar-refractivity contribution in [1.82, 2.24) is 9.88 Å². The Labute approximate surface area is 162 Å². The van der Waals surface area contributed by atoms with E-state index < -0.39 is 11.5 Å². The highest BCUT2D eigenvalue weighted by Crippen LogP contribution is 2.41. The van der Waals surface area contributed by atoms with Crippen LogP contribution in [0.15, 0.2) is 35.3 Å². The smallest absolute Gasteiger partial charge is 0.263 e. The first-order valence-corrected chi connectivity index (χ1v) is 9.19. The molecular weight excluding hydrogens is 363 g/mol. The number of hydrogen-bond acceptors (Lipinski definition) is 4. The van der Waals surface area contributed by atoms with Gasteiger partial charge in [0.05, 0.1) is 6.54 Å². The minimum atomic E-state index is -0.566. The van der Waals surface area contributed by atoms with E-state index >= 15 is 0 Å². The number of Topliss-reactive ketones (excluding diaryl/α,β-unsaturated/α-hetero) is 1. The summed E-state index contributed by atoms with van der Waals surface area (Å²) in [6, 6.07) is 5.85. The molecule has 1 fully saturated rings. The van der Waals surface area contributed by atoms with Crippen LogP contribution in [0.3, 0.4) is 0 Å². The lowest BCUT2D eigenvalue weighted by atomic mass is 10.0. The van der Waals surface area contributed by atoms with Crippen molar-refractivity contribution in [2.45, 2.75) is 26.3 Å². The standard InChI is InChI=1S/C21H23FN2O4/c1-12-5-13(3-4-18(12)22)9-24-10-15(7-17(21(24)28)20(27)23-2)19(26)8-14-6-16(14)11-25/h3-5,7,10,14,16,25H,6,8-9,11H2,1-2H3,(H,23,27)/t14-,16-/m1/s1. The Morgan fingerprint density at radius 2 is 2.04 bits per heavy atom. The zero-order valence-corrected chi connectivity index (χ0v) is 15.9. The Morgan fingerprint density at radius 3 is 2.64 bits per heavy atom. The number of halogens is 1. The number of benzene rings is 1. The van der Waals surface area contributed by atoms with Crippen LogP contribution in [0.5, 0.6) is 0 Å². The van der Waals surface area contributed by atoms with Gasteiger partial charge in [0.15, 0.2) is 5.78 Å². The van der Waals surface area contributed by atoms with E-state index in [4.69, 9.17) is 5.11 Å². The summed E-state index contributed by atoms with van der Waals surface area (Å²) in [6.45, 7) is 1.81. The Kier molecular flexibility index (Phi) is 5.74. The number of rotatable bonds is 7. The molecule has 0 bridgehead atoms. The zero-order chi connectivity index (χ0) is 20.4. The van der Waals surface area contributed by atoms with Crippen LogP contribution in [0.25, 0.3) is 0 Å². The third kappa shape index (κ3) is 4.20. The lowest BCUT2D eigenvalue weighted by Gasteiger charge is -2.12. The van der Waals surface area contributed by atoms with Crippen LogP contribution in [-0.4, -0.2) is 35.0 Å². The van der Waals surface area contributed by atoms with E-state index in [-0.39, 0.29) is 54.1 Å². The SMILES string of the molecule is CNC(=O)c1cc(C(=O)C[C@H]2C[C@@H]2CO)cn(Cc2ccc(F)c(C)c2)c1=O. The van der Waals surface area contributed by atoms with Crippen molar-refractivity contribution in [3.63, 3.8) is 0 Å². The normalized spacial score (nSPS) is 18.0. The first-order chi connectivity index (χ1) is 13.3. The maximum atomic E-state index is 13.5. The minimum absolute atomic E-state index is 0.0604. The second-order valence-corrected chi connectivity index (χ2v) is 7.30. The van der Waals surface area contributed by atoms with Crippen LogP contribution >= 0.6 is 0 Å². The van der Waals surface area contributed by atoms with Crippen molar-refractivity contribution in [2.75, 3.05) is 13.7 Å². The summed E-state index contributed by atoms with van der Waals surface area (Å²) in [6.07, 6.45) is 2.53. The summed E-state index contributed by atoms with van der Waals surface area (Å²) in [4.78, 5) is 37.5. The topological polar surface area (TPSA) is 88.4 Å². The summed E-state index contributed by atoms with van der Waals surface area (Å²) >= 11 is 0. The van der Waals surface area contributed by atoms with Crippen LogP contribution < -0.4 is 10.9 Å². The molecule has 1 aromatic carbocycles. The number of ketones is 1. The molecule has 0 unspecified atom stereocenters. The van der Waals surface area contributed by atoms with Crippen LogP contribution in [-0.2, 0) is 6.54 Å². The molecule has 1 aliphatic carbocycles. The number of amides is 1. The molecule has 1 aromatic heterocycles. The molecule has 1 amide bonds. The first kappa shape index (κ1) is 19.9. The highest BCUT2D eigenvalue weighted by Gasteiger charge is 2.38. The molecule has 148 valence electrons. The van der Waals surface area contributed by atoms with E-state index in [0.717, 1.165) is 6.42 Å². The van der Waals surface area contributed by atoms with E-state index in [9.17, 15) is 18.8 Å². The summed E-state index contributed by atoms with van der Waals surface area (Å²) in [5.41, 5.74) is 0.795. The van der Waals surface area contributed by atoms with Crippen LogP contribution in [0, 0.1) is 24.6 Å². The van der Waals surface area contributed by atoms with Crippen LogP contribution in [0.4, 0.5) is 4.39 Å². The highest BCUT2D eigenvalue weighted by molar-refractivity contribution is 6.00. The third-order valence-electron chi connectivity index (χ3n) is 5.21. The van der Waals surface area contributed by atoms with Gasteiger partial charge < -0.3 is 15.0 Å². The van der Waals surface area contributed by atoms with Crippen molar-refractivity contribution < 1.29 is 19.1 Å². The summed E-state index contributed by atoms with van der Waals surface area (Å²) in [5.74, 6) is -0.788. The molecule has 0 saturated heterocycles. The molecule has 1 aliphatic rings. The molecule has 0 radical (unpaired) electrons. The van der Waals surface area contributed by atoms with Crippen molar-refractivity contribution in [3.8, 4) is 0 Å². The fourth-order valence-corrected chi connectivity index (χ4v) is 3.34. The fraction of sp³-hybridized carbons (Fsp3) is 0.381. The van der Waals surface area contributed by atoms with Gasteiger partial charge in [0.25, 0.3) is 11.5 Å². The summed E-state index contributed by atoms with van der Waals surface area (Å²) in [5, 5.41) is 11.6. The van der Waals surface area contributed by atoms with Gasteiger partial charge in [-0.2, -0.15) is 0 Å². The number of aliphatic hydroxyl groups excluding tert-OH is 1. The lowest BCUT2D eigenvalue weighted by Crippen LogP contribution is -2.32. The number of hydrogen-bond donors (Lipinski definition) is 2. The number of carbonyl (C=O) groups excluding carboxylic acids is 2. The predicted octanol–water partition coefficient (Wildman–Crippen LogP) is 1.90. The number of aryl methyl sites for hydroxylation is 1. The second kappa shape index (κ2) is 8.06. The van der Waals surface area contributed by atoms with E-state index in [1.807, 2.05) is 0 Å². The van der Waals surface area contributed by atoms with Gasteiger partial charge in [-0.25, -0.2) is 4.39 Å². The zero-order valence-electron chi connectivity index (χ0n) is 15.9. The van der Waals surface area contributed by atoms with Gasteiger partial charge in [-0.1, -0.05) is 12.1 Å². The maximum absolute atomic E-state index is 13.5. The number of aliphatic hydroxyl groups is 1. The predicted molar refractivity (Wildman–Crippen MR) is 102 cm³/mol. The number of carbonyl (C=O) groups is 2. The van der Waals surface area contributed by atoms with Crippen molar-refractivity contribution >= 4 is 11.7 Å². The number of pyridine rings is 1. The van der Waals surface area contributed by atoms with Gasteiger partial charge in [-0.3, -0.25) is 14.4 Å². The van der Waals surface area contributed by atoms with Crippen LogP contribution in [0.1, 0.15) is 44.7 Å². The van der Waals surface area contributed by atoms with E-state index in [1.54, 1.807) is 19.1 Å². The number of nitrogens with one attached hydrogen (secondary N) is 1. The Hall–Kier alpha value is -2.80. The van der Waals surface area contributed by atoms with Crippen molar-refractivity contribution in [3.05, 3.63) is 68.9 Å². The molecule has 1 saturated carbocycles. The van der Waals surface area contributed by atoms with Gasteiger partial charge in [-0.05, 0) is 48.4 Å². The molecule has 28 heavy (non-hydrogen) atoms. The molecule has 2 atom stereocenters. The quantitative estimate of drug-likeness (QED) is 0.712. The molecule has 2 aromatic rings. The molecule has 3 rings (SSSR count). The molecule has 1 heterocycles. The molecule has 0 spiro atoms. The lowest BCUT2D eigenvalue weighted by molar-refractivity contribution is 0.0961. The molecule has 7 heteroatoms. The first-order valence-electron chi connectivity index (χ1n) is 9.19. The molecule has 0 aliphatic heterocycles. The monoisotopic (exact) mass is 386 g/mol. The Balaban J connectivity index is 1.95. The maximum Gasteiger partial charge on any atom is 0.263 e. The van der Waals surface area contributed by atoms with Crippen molar-refractivity contribution in [1.29, 1.82) is 0 Å². The Bertz CT molecular complexity index is 983. The van der Waals surface area contributed by atoms with E-state index in [2.05, 4.69) is 5.32 Å². The average Bonchev–Trinajstić information content (AvgIpc) is 3.43. The number of aromatic nitrogens is 1. The molecule has 2 N–H and O–H groups in total. The Morgan fingerprint density at radius 1 is 1.29 bits per heavy atom. The number of nitrogens with zero attached hydrogens (tertiary/aromatic N) is 1. The summed E-state index contributed by atoms with van der Waals surface area (Å²) in [7, 11) is 1.42. The van der Waals surface area contributed by atoms with Gasteiger partial charge in [0.2, 0.25) is 0 Å².